The molecule has 0 radical (unpaired) electrons. The normalized spacial score (nSPS) is 10.9. The fourth-order valence-electron chi connectivity index (χ4n) is 1.36. The third kappa shape index (κ3) is 4.00. The number of carbonyl (C=O) groups excluding carboxylic acids is 2. The average molecular weight is 313 g/mol. The number of esters is 2. The molecule has 0 aliphatic rings. The zero-order valence-corrected chi connectivity index (χ0v) is 11.7. The number of hydrogen-bond acceptors (Lipinski definition) is 4. The molecule has 0 N–H and O–H groups in total. The van der Waals surface area contributed by atoms with Crippen LogP contribution >= 0.6 is 15.9 Å². The van der Waals surface area contributed by atoms with Crippen LogP contribution in [-0.2, 0) is 25.5 Å². The Hall–Kier alpha value is -1.62. The van der Waals surface area contributed by atoms with Crippen molar-refractivity contribution in [2.24, 2.45) is 0 Å². The molecule has 0 heterocycles. The molecule has 1 aromatic carbocycles. The molecule has 5 heteroatoms. The summed E-state index contributed by atoms with van der Waals surface area (Å²) in [6, 6.07) is 7.45. The van der Waals surface area contributed by atoms with E-state index in [2.05, 4.69) is 25.4 Å². The van der Waals surface area contributed by atoms with E-state index in [1.807, 2.05) is 24.3 Å². The maximum atomic E-state index is 11.6. The number of halogens is 1. The summed E-state index contributed by atoms with van der Waals surface area (Å²) in [6.07, 6.45) is 1.44. The standard InChI is InChI=1S/C13H13BrO4/c1-17-12(15)8-10(13(16)18-2)7-9-5-3-4-6-11(9)14/h3-6,8H,7H2,1-2H3/b10-8+. The Kier molecular flexibility index (Phi) is 5.58. The second-order valence-electron chi connectivity index (χ2n) is 3.45. The SMILES string of the molecule is COC(=O)/C=C(\Cc1ccccc1Br)C(=O)OC. The smallest absolute Gasteiger partial charge is 0.334 e. The molecule has 0 fully saturated rings. The molecular weight excluding hydrogens is 300 g/mol. The zero-order chi connectivity index (χ0) is 13.5. The summed E-state index contributed by atoms with van der Waals surface area (Å²) in [5.74, 6) is -1.13. The Morgan fingerprint density at radius 2 is 1.89 bits per heavy atom. The van der Waals surface area contributed by atoms with Crippen molar-refractivity contribution < 1.29 is 19.1 Å². The van der Waals surface area contributed by atoms with Gasteiger partial charge in [0.25, 0.3) is 0 Å². The first kappa shape index (κ1) is 14.4. The molecule has 0 amide bonds. The molecule has 0 aliphatic carbocycles. The Morgan fingerprint density at radius 3 is 2.44 bits per heavy atom. The highest BCUT2D eigenvalue weighted by Crippen LogP contribution is 2.19. The predicted molar refractivity (Wildman–Crippen MR) is 70.0 cm³/mol. The number of hydrogen-bond donors (Lipinski definition) is 0. The molecular formula is C13H13BrO4. The second-order valence-corrected chi connectivity index (χ2v) is 4.31. The highest BCUT2D eigenvalue weighted by atomic mass is 79.9. The van der Waals surface area contributed by atoms with E-state index in [1.54, 1.807) is 0 Å². The van der Waals surface area contributed by atoms with Crippen LogP contribution in [-0.4, -0.2) is 26.2 Å². The van der Waals surface area contributed by atoms with Crippen molar-refractivity contribution in [2.45, 2.75) is 6.42 Å². The van der Waals surface area contributed by atoms with Crippen LogP contribution in [0, 0.1) is 0 Å². The summed E-state index contributed by atoms with van der Waals surface area (Å²) in [5, 5.41) is 0. The molecule has 0 unspecified atom stereocenters. The van der Waals surface area contributed by atoms with Crippen LogP contribution < -0.4 is 0 Å². The second kappa shape index (κ2) is 6.96. The van der Waals surface area contributed by atoms with Crippen LogP contribution in [0.5, 0.6) is 0 Å². The Balaban J connectivity index is 3.00. The van der Waals surface area contributed by atoms with Gasteiger partial charge in [0.2, 0.25) is 0 Å². The lowest BCUT2D eigenvalue weighted by Gasteiger charge is -2.07. The molecule has 96 valence electrons. The highest BCUT2D eigenvalue weighted by Gasteiger charge is 2.14. The fraction of sp³-hybridized carbons (Fsp3) is 0.231. The molecule has 0 atom stereocenters. The molecule has 1 rings (SSSR count). The third-order valence-corrected chi connectivity index (χ3v) is 3.05. The van der Waals surface area contributed by atoms with Crippen molar-refractivity contribution >= 4 is 27.9 Å². The van der Waals surface area contributed by atoms with Crippen LogP contribution in [0.25, 0.3) is 0 Å². The molecule has 0 saturated heterocycles. The van der Waals surface area contributed by atoms with Gasteiger partial charge in [-0.25, -0.2) is 9.59 Å². The quantitative estimate of drug-likeness (QED) is 0.632. The summed E-state index contributed by atoms with van der Waals surface area (Å²) in [7, 11) is 2.53. The van der Waals surface area contributed by atoms with Gasteiger partial charge in [0.1, 0.15) is 0 Å². The first-order chi connectivity index (χ1) is 8.58. The van der Waals surface area contributed by atoms with Gasteiger partial charge in [-0.15, -0.1) is 0 Å². The fourth-order valence-corrected chi connectivity index (χ4v) is 1.79. The van der Waals surface area contributed by atoms with Crippen molar-refractivity contribution in [3.63, 3.8) is 0 Å². The molecule has 0 aliphatic heterocycles. The van der Waals surface area contributed by atoms with Crippen molar-refractivity contribution in [1.82, 2.24) is 0 Å². The summed E-state index contributed by atoms with van der Waals surface area (Å²) in [6.45, 7) is 0. The van der Waals surface area contributed by atoms with Gasteiger partial charge in [0, 0.05) is 22.5 Å². The molecule has 18 heavy (non-hydrogen) atoms. The Bertz CT molecular complexity index is 480. The van der Waals surface area contributed by atoms with Crippen LogP contribution in [0.3, 0.4) is 0 Å². The lowest BCUT2D eigenvalue weighted by molar-refractivity contribution is -0.138. The van der Waals surface area contributed by atoms with E-state index in [4.69, 9.17) is 0 Å². The van der Waals surface area contributed by atoms with E-state index >= 15 is 0 Å². The first-order valence-corrected chi connectivity index (χ1v) is 5.98. The number of ether oxygens (including phenoxy) is 2. The molecule has 1 aromatic rings. The summed E-state index contributed by atoms with van der Waals surface area (Å²) in [5.41, 5.74) is 1.13. The minimum atomic E-state index is -0.581. The summed E-state index contributed by atoms with van der Waals surface area (Å²) < 4.78 is 10.0. The van der Waals surface area contributed by atoms with Crippen molar-refractivity contribution in [2.75, 3.05) is 14.2 Å². The Labute approximate surface area is 114 Å². The Morgan fingerprint density at radius 1 is 1.22 bits per heavy atom. The van der Waals surface area contributed by atoms with Crippen LogP contribution in [0.1, 0.15) is 5.56 Å². The van der Waals surface area contributed by atoms with Crippen LogP contribution in [0.2, 0.25) is 0 Å². The largest absolute Gasteiger partial charge is 0.466 e. The number of benzene rings is 1. The molecule has 0 aromatic heterocycles. The average Bonchev–Trinajstić information content (AvgIpc) is 2.39. The van der Waals surface area contributed by atoms with Gasteiger partial charge >= 0.3 is 11.9 Å². The minimum absolute atomic E-state index is 0.247. The highest BCUT2D eigenvalue weighted by molar-refractivity contribution is 9.10. The lowest BCUT2D eigenvalue weighted by Crippen LogP contribution is -2.10. The third-order valence-electron chi connectivity index (χ3n) is 2.28. The van der Waals surface area contributed by atoms with E-state index in [9.17, 15) is 9.59 Å². The predicted octanol–water partition coefficient (Wildman–Crippen LogP) is 2.26. The van der Waals surface area contributed by atoms with Gasteiger partial charge in [-0.05, 0) is 11.6 Å². The van der Waals surface area contributed by atoms with E-state index < -0.39 is 11.9 Å². The van der Waals surface area contributed by atoms with Gasteiger partial charge in [-0.3, -0.25) is 0 Å². The van der Waals surface area contributed by atoms with Gasteiger partial charge in [-0.1, -0.05) is 34.1 Å². The van der Waals surface area contributed by atoms with Gasteiger partial charge in [0.15, 0.2) is 0 Å². The summed E-state index contributed by atoms with van der Waals surface area (Å²) >= 11 is 3.38. The zero-order valence-electron chi connectivity index (χ0n) is 10.1. The number of methoxy groups -OCH3 is 2. The van der Waals surface area contributed by atoms with E-state index in [1.165, 1.54) is 14.2 Å². The van der Waals surface area contributed by atoms with Gasteiger partial charge in [-0.2, -0.15) is 0 Å². The first-order valence-electron chi connectivity index (χ1n) is 5.18. The van der Waals surface area contributed by atoms with E-state index in [0.717, 1.165) is 16.1 Å². The van der Waals surface area contributed by atoms with Gasteiger partial charge < -0.3 is 9.47 Å². The maximum absolute atomic E-state index is 11.6. The van der Waals surface area contributed by atoms with Gasteiger partial charge in [0.05, 0.1) is 14.2 Å². The number of carbonyl (C=O) groups is 2. The molecule has 0 spiro atoms. The topological polar surface area (TPSA) is 52.6 Å². The minimum Gasteiger partial charge on any atom is -0.466 e. The van der Waals surface area contributed by atoms with Crippen molar-refractivity contribution in [3.05, 3.63) is 46.0 Å². The molecule has 4 nitrogen and oxygen atoms in total. The van der Waals surface area contributed by atoms with E-state index in [-0.39, 0.29) is 5.57 Å². The summed E-state index contributed by atoms with van der Waals surface area (Å²) in [4.78, 5) is 22.8. The number of rotatable bonds is 4. The molecule has 0 saturated carbocycles. The molecule has 0 bridgehead atoms. The van der Waals surface area contributed by atoms with Crippen molar-refractivity contribution in [1.29, 1.82) is 0 Å². The van der Waals surface area contributed by atoms with Crippen LogP contribution in [0.15, 0.2) is 40.4 Å². The maximum Gasteiger partial charge on any atom is 0.334 e. The van der Waals surface area contributed by atoms with Crippen LogP contribution in [0.4, 0.5) is 0 Å². The monoisotopic (exact) mass is 312 g/mol. The van der Waals surface area contributed by atoms with Crippen molar-refractivity contribution in [3.8, 4) is 0 Å². The van der Waals surface area contributed by atoms with E-state index in [0.29, 0.717) is 6.42 Å². The lowest BCUT2D eigenvalue weighted by atomic mass is 10.1.